The van der Waals surface area contributed by atoms with E-state index in [9.17, 15) is 9.59 Å². The Labute approximate surface area is 170 Å². The molecule has 144 valence electrons. The lowest BCUT2D eigenvalue weighted by Gasteiger charge is -2.29. The van der Waals surface area contributed by atoms with Gasteiger partial charge < -0.3 is 10.2 Å². The molecule has 1 N–H and O–H groups in total. The number of hydrogen-bond donors (Lipinski definition) is 1. The third-order valence-electron chi connectivity index (χ3n) is 4.38. The number of aryl methyl sites for hydroxylation is 1. The van der Waals surface area contributed by atoms with Crippen LogP contribution in [0.1, 0.15) is 30.5 Å². The molecule has 2 aromatic rings. The van der Waals surface area contributed by atoms with E-state index < -0.39 is 6.04 Å². The van der Waals surface area contributed by atoms with Crippen LogP contribution in [0.25, 0.3) is 0 Å². The number of carbonyl (C=O) groups excluding carboxylic acids is 2. The number of nitrogens with one attached hydrogen (secondary N) is 1. The lowest BCUT2D eigenvalue weighted by Crippen LogP contribution is -2.48. The van der Waals surface area contributed by atoms with Crippen LogP contribution in [0.3, 0.4) is 0 Å². The Morgan fingerprint density at radius 1 is 1.07 bits per heavy atom. The highest BCUT2D eigenvalue weighted by atomic mass is 35.5. The van der Waals surface area contributed by atoms with Crippen LogP contribution >= 0.6 is 23.2 Å². The number of carbonyl (C=O) groups is 2. The molecule has 2 aromatic carbocycles. The maximum atomic E-state index is 13.1. The first kappa shape index (κ1) is 21.3. The van der Waals surface area contributed by atoms with Crippen molar-refractivity contribution in [2.24, 2.45) is 0 Å². The normalized spacial score (nSPS) is 11.7. The summed E-state index contributed by atoms with van der Waals surface area (Å²) >= 11 is 12.4. The molecule has 0 radical (unpaired) electrons. The first-order chi connectivity index (χ1) is 12.8. The molecule has 0 saturated carbocycles. The lowest BCUT2D eigenvalue weighted by molar-refractivity contribution is -0.140. The fraction of sp³-hybridized carbons (Fsp3) is 0.333. The summed E-state index contributed by atoms with van der Waals surface area (Å²) in [6.45, 7) is 6.42. The standard InChI is InChI=1S/C21H24Cl2N2O2/c1-4-24-21(27)15(3)25(13-16-10-8-14(2)9-11-16)20(26)12-17-18(22)6-5-7-19(17)23/h5-11,15H,4,12-13H2,1-3H3,(H,24,27)/t15-/m1/s1. The van der Waals surface area contributed by atoms with E-state index in [-0.39, 0.29) is 18.2 Å². The minimum Gasteiger partial charge on any atom is -0.355 e. The molecule has 0 aliphatic rings. The molecule has 0 fully saturated rings. The predicted octanol–water partition coefficient (Wildman–Crippen LogP) is 4.40. The first-order valence-corrected chi connectivity index (χ1v) is 9.64. The monoisotopic (exact) mass is 406 g/mol. The molecule has 6 heteroatoms. The molecule has 0 aliphatic carbocycles. The SMILES string of the molecule is CCNC(=O)[C@@H](C)N(Cc1ccc(C)cc1)C(=O)Cc1c(Cl)cccc1Cl. The fourth-order valence-electron chi connectivity index (χ4n) is 2.75. The van der Waals surface area contributed by atoms with E-state index in [1.807, 2.05) is 38.1 Å². The van der Waals surface area contributed by atoms with E-state index in [0.717, 1.165) is 11.1 Å². The van der Waals surface area contributed by atoms with Gasteiger partial charge in [0.15, 0.2) is 0 Å². The van der Waals surface area contributed by atoms with Crippen molar-refractivity contribution >= 4 is 35.0 Å². The van der Waals surface area contributed by atoms with E-state index in [0.29, 0.717) is 28.7 Å². The molecule has 2 rings (SSSR count). The number of benzene rings is 2. The number of likely N-dealkylation sites (N-methyl/N-ethyl adjacent to an activating group) is 1. The summed E-state index contributed by atoms with van der Waals surface area (Å²) in [4.78, 5) is 27.0. The summed E-state index contributed by atoms with van der Waals surface area (Å²) in [5.74, 6) is -0.396. The van der Waals surface area contributed by atoms with Crippen molar-refractivity contribution < 1.29 is 9.59 Å². The largest absolute Gasteiger partial charge is 0.355 e. The maximum absolute atomic E-state index is 13.1. The minimum atomic E-state index is -0.611. The van der Waals surface area contributed by atoms with E-state index in [2.05, 4.69) is 5.32 Å². The fourth-order valence-corrected chi connectivity index (χ4v) is 3.28. The summed E-state index contributed by atoms with van der Waals surface area (Å²) in [6, 6.07) is 12.4. The Bertz CT molecular complexity index is 786. The van der Waals surface area contributed by atoms with Gasteiger partial charge in [0.25, 0.3) is 0 Å². The highest BCUT2D eigenvalue weighted by molar-refractivity contribution is 6.36. The second-order valence-corrected chi connectivity index (χ2v) is 7.27. The molecule has 2 amide bonds. The summed E-state index contributed by atoms with van der Waals surface area (Å²) in [7, 11) is 0. The van der Waals surface area contributed by atoms with Gasteiger partial charge in [-0.3, -0.25) is 9.59 Å². The average molecular weight is 407 g/mol. The van der Waals surface area contributed by atoms with Crippen molar-refractivity contribution in [3.63, 3.8) is 0 Å². The Morgan fingerprint density at radius 2 is 1.67 bits per heavy atom. The predicted molar refractivity (Wildman–Crippen MR) is 110 cm³/mol. The zero-order valence-corrected chi connectivity index (χ0v) is 17.3. The molecule has 0 unspecified atom stereocenters. The minimum absolute atomic E-state index is 0.0358. The van der Waals surface area contributed by atoms with Crippen LogP contribution in [0.15, 0.2) is 42.5 Å². The summed E-state index contributed by atoms with van der Waals surface area (Å²) in [5.41, 5.74) is 2.66. The maximum Gasteiger partial charge on any atom is 0.242 e. The van der Waals surface area contributed by atoms with Crippen LogP contribution in [0.4, 0.5) is 0 Å². The molecule has 0 spiro atoms. The van der Waals surface area contributed by atoms with Crippen LogP contribution < -0.4 is 5.32 Å². The number of amides is 2. The van der Waals surface area contributed by atoms with Gasteiger partial charge in [0.05, 0.1) is 6.42 Å². The smallest absolute Gasteiger partial charge is 0.242 e. The van der Waals surface area contributed by atoms with E-state index in [1.54, 1.807) is 30.0 Å². The van der Waals surface area contributed by atoms with Gasteiger partial charge in [-0.1, -0.05) is 59.1 Å². The van der Waals surface area contributed by atoms with Crippen molar-refractivity contribution in [2.75, 3.05) is 6.54 Å². The van der Waals surface area contributed by atoms with Crippen molar-refractivity contribution in [1.29, 1.82) is 0 Å². The molecule has 0 aliphatic heterocycles. The zero-order valence-electron chi connectivity index (χ0n) is 15.8. The van der Waals surface area contributed by atoms with Gasteiger partial charge >= 0.3 is 0 Å². The summed E-state index contributed by atoms with van der Waals surface area (Å²) < 4.78 is 0. The molecular weight excluding hydrogens is 383 g/mol. The molecule has 1 atom stereocenters. The van der Waals surface area contributed by atoms with Crippen molar-refractivity contribution in [3.05, 3.63) is 69.2 Å². The molecule has 4 nitrogen and oxygen atoms in total. The molecule has 0 saturated heterocycles. The second-order valence-electron chi connectivity index (χ2n) is 6.45. The molecule has 0 aromatic heterocycles. The van der Waals surface area contributed by atoms with Crippen molar-refractivity contribution in [2.45, 2.75) is 39.8 Å². The Morgan fingerprint density at radius 3 is 2.22 bits per heavy atom. The van der Waals surface area contributed by atoms with Crippen LogP contribution in [0.5, 0.6) is 0 Å². The third kappa shape index (κ3) is 5.72. The van der Waals surface area contributed by atoms with Gasteiger partial charge in [-0.05, 0) is 44.0 Å². The van der Waals surface area contributed by atoms with E-state index in [4.69, 9.17) is 23.2 Å². The molecule has 0 heterocycles. The number of hydrogen-bond acceptors (Lipinski definition) is 2. The van der Waals surface area contributed by atoms with Crippen LogP contribution in [0.2, 0.25) is 10.0 Å². The van der Waals surface area contributed by atoms with Gasteiger partial charge in [0.2, 0.25) is 11.8 Å². The second kappa shape index (κ2) is 9.77. The Hall–Kier alpha value is -2.04. The lowest BCUT2D eigenvalue weighted by atomic mass is 10.1. The number of rotatable bonds is 7. The van der Waals surface area contributed by atoms with Crippen LogP contribution in [-0.2, 0) is 22.6 Å². The number of halogens is 2. The zero-order chi connectivity index (χ0) is 20.0. The number of nitrogens with zero attached hydrogens (tertiary/aromatic N) is 1. The first-order valence-electron chi connectivity index (χ1n) is 8.89. The third-order valence-corrected chi connectivity index (χ3v) is 5.09. The van der Waals surface area contributed by atoms with E-state index >= 15 is 0 Å². The van der Waals surface area contributed by atoms with Gasteiger partial charge in [0.1, 0.15) is 6.04 Å². The Balaban J connectivity index is 2.28. The van der Waals surface area contributed by atoms with Crippen LogP contribution in [-0.4, -0.2) is 29.3 Å². The summed E-state index contributed by atoms with van der Waals surface area (Å²) in [6.07, 6.45) is 0.0358. The van der Waals surface area contributed by atoms with Crippen molar-refractivity contribution in [3.8, 4) is 0 Å². The highest BCUT2D eigenvalue weighted by Gasteiger charge is 2.26. The summed E-state index contributed by atoms with van der Waals surface area (Å²) in [5, 5.41) is 3.66. The molecule has 27 heavy (non-hydrogen) atoms. The van der Waals surface area contributed by atoms with E-state index in [1.165, 1.54) is 0 Å². The highest BCUT2D eigenvalue weighted by Crippen LogP contribution is 2.26. The van der Waals surface area contributed by atoms with Gasteiger partial charge in [-0.2, -0.15) is 0 Å². The average Bonchev–Trinajstić information content (AvgIpc) is 2.64. The van der Waals surface area contributed by atoms with Crippen LogP contribution in [0, 0.1) is 6.92 Å². The van der Waals surface area contributed by atoms with Gasteiger partial charge in [-0.25, -0.2) is 0 Å². The van der Waals surface area contributed by atoms with Gasteiger partial charge in [0, 0.05) is 23.1 Å². The topological polar surface area (TPSA) is 49.4 Å². The molecular formula is C21H24Cl2N2O2. The molecule has 0 bridgehead atoms. The Kier molecular flexibility index (Phi) is 7.69. The quantitative estimate of drug-likeness (QED) is 0.740. The van der Waals surface area contributed by atoms with Crippen molar-refractivity contribution in [1.82, 2.24) is 10.2 Å². The van der Waals surface area contributed by atoms with Gasteiger partial charge in [-0.15, -0.1) is 0 Å².